The maximum absolute atomic E-state index is 4.55. The molecule has 0 N–H and O–H groups in total. The van der Waals surface area contributed by atoms with Gasteiger partial charge in [-0.25, -0.2) is 4.68 Å². The van der Waals surface area contributed by atoms with Crippen molar-refractivity contribution in [2.45, 2.75) is 59.4 Å². The molecule has 244 valence electrons. The number of unbranched alkanes of at least 4 members (excludes halogenated alkanes) is 2. The Hall–Kier alpha value is -5.48. The average molecular weight is 641 g/mol. The Kier molecular flexibility index (Phi) is 9.38. The lowest BCUT2D eigenvalue weighted by molar-refractivity contribution is 0.543. The lowest BCUT2D eigenvalue weighted by Gasteiger charge is -2.18. The Morgan fingerprint density at radius 1 is 0.633 bits per heavy atom. The highest BCUT2D eigenvalue weighted by Crippen LogP contribution is 2.41. The van der Waals surface area contributed by atoms with E-state index < -0.39 is 0 Å². The van der Waals surface area contributed by atoms with Crippen molar-refractivity contribution in [3.8, 4) is 50.6 Å². The minimum Gasteiger partial charge on any atom is -0.309 e. The summed E-state index contributed by atoms with van der Waals surface area (Å²) >= 11 is 0. The van der Waals surface area contributed by atoms with Crippen molar-refractivity contribution in [3.05, 3.63) is 162 Å². The van der Waals surface area contributed by atoms with Gasteiger partial charge in [0.15, 0.2) is 0 Å². The van der Waals surface area contributed by atoms with Crippen LogP contribution < -0.4 is 0 Å². The molecule has 2 aromatic heterocycles. The summed E-state index contributed by atoms with van der Waals surface area (Å²) in [5.41, 5.74) is 15.3. The smallest absolute Gasteiger partial charge is 0.113 e. The van der Waals surface area contributed by atoms with E-state index in [-0.39, 0.29) is 6.04 Å². The van der Waals surface area contributed by atoms with Crippen LogP contribution in [-0.2, 0) is 6.42 Å². The molecule has 0 saturated carbocycles. The van der Waals surface area contributed by atoms with Gasteiger partial charge in [0.05, 0.1) is 23.6 Å². The van der Waals surface area contributed by atoms with Gasteiger partial charge in [0, 0.05) is 16.8 Å². The molecule has 7 aromatic rings. The zero-order valence-corrected chi connectivity index (χ0v) is 29.0. The molecular weight excluding hydrogens is 597 g/mol. The molecule has 4 nitrogen and oxygen atoms in total. The Morgan fingerprint density at radius 2 is 1.27 bits per heavy atom. The first kappa shape index (κ1) is 32.1. The molecule has 0 aliphatic rings. The van der Waals surface area contributed by atoms with E-state index in [1.165, 1.54) is 69.5 Å². The summed E-state index contributed by atoms with van der Waals surface area (Å²) in [4.78, 5) is 0. The van der Waals surface area contributed by atoms with Gasteiger partial charge in [0.1, 0.15) is 5.69 Å². The Labute approximate surface area is 290 Å². The van der Waals surface area contributed by atoms with Crippen LogP contribution in [-0.4, -0.2) is 19.6 Å². The SMILES string of the molecule is CCCCCc1ccc(-c2cn(C(C)c3ccc(-n4c(-c5ccc(C)cc5)cc(-c5ccccc5)c4-c4ccc(C)cc4)cc3)nn2)cc1. The maximum Gasteiger partial charge on any atom is 0.113 e. The number of hydrogen-bond acceptors (Lipinski definition) is 2. The number of hydrogen-bond donors (Lipinski definition) is 0. The molecule has 0 saturated heterocycles. The zero-order chi connectivity index (χ0) is 33.7. The molecule has 0 aliphatic heterocycles. The van der Waals surface area contributed by atoms with Crippen LogP contribution >= 0.6 is 0 Å². The topological polar surface area (TPSA) is 35.6 Å². The monoisotopic (exact) mass is 640 g/mol. The van der Waals surface area contributed by atoms with E-state index in [4.69, 9.17) is 0 Å². The van der Waals surface area contributed by atoms with Gasteiger partial charge in [-0.15, -0.1) is 5.10 Å². The normalized spacial score (nSPS) is 11.9. The molecule has 0 radical (unpaired) electrons. The van der Waals surface area contributed by atoms with Gasteiger partial charge in [-0.2, -0.15) is 0 Å². The molecule has 5 aromatic carbocycles. The third kappa shape index (κ3) is 6.91. The fourth-order valence-corrected chi connectivity index (χ4v) is 6.62. The highest BCUT2D eigenvalue weighted by atomic mass is 15.4. The number of aromatic nitrogens is 4. The highest BCUT2D eigenvalue weighted by molar-refractivity contribution is 5.88. The molecule has 0 spiro atoms. The van der Waals surface area contributed by atoms with Crippen molar-refractivity contribution in [1.29, 1.82) is 0 Å². The second kappa shape index (κ2) is 14.3. The molecule has 49 heavy (non-hydrogen) atoms. The second-order valence-electron chi connectivity index (χ2n) is 13.2. The van der Waals surface area contributed by atoms with Crippen LogP contribution in [0.5, 0.6) is 0 Å². The summed E-state index contributed by atoms with van der Waals surface area (Å²) in [6, 6.07) is 48.6. The minimum absolute atomic E-state index is 0.0290. The van der Waals surface area contributed by atoms with Crippen molar-refractivity contribution in [3.63, 3.8) is 0 Å². The predicted molar refractivity (Wildman–Crippen MR) is 204 cm³/mol. The summed E-state index contributed by atoms with van der Waals surface area (Å²) in [6.07, 6.45) is 6.95. The third-order valence-electron chi connectivity index (χ3n) is 9.62. The van der Waals surface area contributed by atoms with Crippen molar-refractivity contribution in [2.24, 2.45) is 0 Å². The summed E-state index contributed by atoms with van der Waals surface area (Å²) < 4.78 is 4.39. The first-order chi connectivity index (χ1) is 24.0. The van der Waals surface area contributed by atoms with E-state index in [9.17, 15) is 0 Å². The molecule has 0 aliphatic carbocycles. The molecule has 4 heteroatoms. The molecule has 1 atom stereocenters. The Morgan fingerprint density at radius 3 is 1.92 bits per heavy atom. The van der Waals surface area contributed by atoms with Gasteiger partial charge < -0.3 is 4.57 Å². The molecule has 7 rings (SSSR count). The number of benzene rings is 5. The van der Waals surface area contributed by atoms with E-state index in [0.717, 1.165) is 29.1 Å². The summed E-state index contributed by atoms with van der Waals surface area (Å²) in [6.45, 7) is 8.71. The maximum atomic E-state index is 4.55. The van der Waals surface area contributed by atoms with Crippen LogP contribution in [0, 0.1) is 13.8 Å². The first-order valence-corrected chi connectivity index (χ1v) is 17.5. The summed E-state index contributed by atoms with van der Waals surface area (Å²) in [5, 5.41) is 9.10. The van der Waals surface area contributed by atoms with Crippen LogP contribution in [0.3, 0.4) is 0 Å². The van der Waals surface area contributed by atoms with E-state index >= 15 is 0 Å². The van der Waals surface area contributed by atoms with Crippen LogP contribution in [0.4, 0.5) is 0 Å². The second-order valence-corrected chi connectivity index (χ2v) is 13.2. The Balaban J connectivity index is 1.25. The fourth-order valence-electron chi connectivity index (χ4n) is 6.62. The molecule has 1 unspecified atom stereocenters. The van der Waals surface area contributed by atoms with E-state index in [1.807, 2.05) is 4.68 Å². The molecular formula is C45H44N4. The molecule has 0 fully saturated rings. The molecule has 2 heterocycles. The van der Waals surface area contributed by atoms with Crippen LogP contribution in [0.2, 0.25) is 0 Å². The summed E-state index contributed by atoms with van der Waals surface area (Å²) in [5.74, 6) is 0. The van der Waals surface area contributed by atoms with Crippen molar-refractivity contribution in [2.75, 3.05) is 0 Å². The van der Waals surface area contributed by atoms with Crippen molar-refractivity contribution in [1.82, 2.24) is 19.6 Å². The molecule has 0 bridgehead atoms. The van der Waals surface area contributed by atoms with Gasteiger partial charge in [-0.1, -0.05) is 151 Å². The van der Waals surface area contributed by atoms with Gasteiger partial charge in [0.2, 0.25) is 0 Å². The van der Waals surface area contributed by atoms with Crippen molar-refractivity contribution < 1.29 is 0 Å². The largest absolute Gasteiger partial charge is 0.309 e. The lowest BCUT2D eigenvalue weighted by Crippen LogP contribution is -2.08. The minimum atomic E-state index is 0.0290. The highest BCUT2D eigenvalue weighted by Gasteiger charge is 2.21. The van der Waals surface area contributed by atoms with E-state index in [1.54, 1.807) is 0 Å². The van der Waals surface area contributed by atoms with Gasteiger partial charge in [-0.05, 0) is 79.6 Å². The molecule has 0 amide bonds. The zero-order valence-electron chi connectivity index (χ0n) is 29.0. The first-order valence-electron chi connectivity index (χ1n) is 17.5. The van der Waals surface area contributed by atoms with Gasteiger partial charge in [0.25, 0.3) is 0 Å². The van der Waals surface area contributed by atoms with Crippen LogP contribution in [0.1, 0.15) is 61.4 Å². The van der Waals surface area contributed by atoms with Crippen molar-refractivity contribution >= 4 is 0 Å². The number of rotatable bonds is 11. The van der Waals surface area contributed by atoms with Crippen LogP contribution in [0.25, 0.3) is 50.6 Å². The standard InChI is InChI=1S/C45H44N4/c1-5-6-8-11-35-18-24-38(25-19-35)43-31-48(47-46-43)34(4)36-26-28-41(29-27-36)49-44(39-20-14-32(2)15-21-39)30-42(37-12-9-7-10-13-37)45(49)40-22-16-33(3)17-23-40/h7,9-10,12-31,34H,5-6,8,11H2,1-4H3. The predicted octanol–water partition coefficient (Wildman–Crippen LogP) is 11.7. The van der Waals surface area contributed by atoms with Gasteiger partial charge in [-0.3, -0.25) is 0 Å². The fraction of sp³-hybridized carbons (Fsp3) is 0.200. The summed E-state index contributed by atoms with van der Waals surface area (Å²) in [7, 11) is 0. The van der Waals surface area contributed by atoms with E-state index in [0.29, 0.717) is 0 Å². The lowest BCUT2D eigenvalue weighted by atomic mass is 10.00. The third-order valence-corrected chi connectivity index (χ3v) is 9.62. The Bertz CT molecular complexity index is 2120. The van der Waals surface area contributed by atoms with Gasteiger partial charge >= 0.3 is 0 Å². The average Bonchev–Trinajstić information content (AvgIpc) is 3.80. The van der Waals surface area contributed by atoms with Crippen LogP contribution in [0.15, 0.2) is 140 Å². The van der Waals surface area contributed by atoms with E-state index in [2.05, 4.69) is 182 Å². The number of nitrogens with zero attached hydrogens (tertiary/aromatic N) is 4. The number of aryl methyl sites for hydroxylation is 3. The quantitative estimate of drug-likeness (QED) is 0.132.